The van der Waals surface area contributed by atoms with Crippen LogP contribution in [0.5, 0.6) is 0 Å². The van der Waals surface area contributed by atoms with Crippen molar-refractivity contribution in [2.24, 2.45) is 5.41 Å². The number of allylic oxidation sites excluding steroid dienone is 1. The average Bonchev–Trinajstić information content (AvgIpc) is 2.14. The van der Waals surface area contributed by atoms with Crippen LogP contribution in [0.3, 0.4) is 0 Å². The maximum atomic E-state index is 11.2. The first-order valence-corrected chi connectivity index (χ1v) is 6.62. The van der Waals surface area contributed by atoms with Gasteiger partial charge in [-0.25, -0.2) is 0 Å². The molecule has 2 nitrogen and oxygen atoms in total. The fourth-order valence-electron chi connectivity index (χ4n) is 1.35. The lowest BCUT2D eigenvalue weighted by Crippen LogP contribution is -2.18. The van der Waals surface area contributed by atoms with Gasteiger partial charge in [0.05, 0.1) is 13.5 Å². The normalized spacial score (nSPS) is 13.1. The van der Waals surface area contributed by atoms with Crippen molar-refractivity contribution >= 4 is 17.7 Å². The summed E-state index contributed by atoms with van der Waals surface area (Å²) < 4.78 is 4.81. The molecule has 0 saturated heterocycles. The predicted molar refractivity (Wildman–Crippen MR) is 71.8 cm³/mol. The minimum Gasteiger partial charge on any atom is -0.469 e. The van der Waals surface area contributed by atoms with Gasteiger partial charge in [-0.2, -0.15) is 11.8 Å². The maximum Gasteiger partial charge on any atom is 0.306 e. The molecule has 0 amide bonds. The maximum absolute atomic E-state index is 11.2. The van der Waals surface area contributed by atoms with Gasteiger partial charge in [-0.3, -0.25) is 4.79 Å². The van der Waals surface area contributed by atoms with Crippen molar-refractivity contribution < 1.29 is 9.53 Å². The summed E-state index contributed by atoms with van der Waals surface area (Å²) in [7, 11) is 1.43. The minimum atomic E-state index is -0.157. The monoisotopic (exact) mass is 244 g/mol. The summed E-state index contributed by atoms with van der Waals surface area (Å²) in [4.78, 5) is 11.2. The molecule has 0 fully saturated rings. The van der Waals surface area contributed by atoms with Gasteiger partial charge in [-0.05, 0) is 25.0 Å². The first-order valence-electron chi connectivity index (χ1n) is 5.63. The fraction of sp³-hybridized carbons (Fsp3) is 0.769. The molecular formula is C13H24O2S. The van der Waals surface area contributed by atoms with Crippen LogP contribution in [0.2, 0.25) is 0 Å². The first kappa shape index (κ1) is 15.6. The van der Waals surface area contributed by atoms with Gasteiger partial charge in [0, 0.05) is 4.75 Å². The standard InChI is InChI=1S/C13H24O2S/c1-7-16-13(4,5)9-8-12(2,3)10-11(14)15-6/h8-9H,7,10H2,1-6H3/b9-8+. The molecule has 0 spiro atoms. The molecule has 0 rings (SSSR count). The number of hydrogen-bond acceptors (Lipinski definition) is 3. The zero-order valence-corrected chi connectivity index (χ0v) is 12.1. The Morgan fingerprint density at radius 3 is 2.25 bits per heavy atom. The van der Waals surface area contributed by atoms with Crippen molar-refractivity contribution in [2.45, 2.75) is 45.8 Å². The number of methoxy groups -OCH3 is 1. The largest absolute Gasteiger partial charge is 0.469 e. The van der Waals surface area contributed by atoms with E-state index in [1.807, 2.05) is 25.6 Å². The second-order valence-corrected chi connectivity index (χ2v) is 7.03. The van der Waals surface area contributed by atoms with E-state index in [9.17, 15) is 4.79 Å². The molecule has 16 heavy (non-hydrogen) atoms. The molecule has 0 aliphatic carbocycles. The molecule has 94 valence electrons. The van der Waals surface area contributed by atoms with Crippen molar-refractivity contribution in [3.05, 3.63) is 12.2 Å². The Hall–Kier alpha value is -0.440. The van der Waals surface area contributed by atoms with Crippen LogP contribution in [-0.4, -0.2) is 23.6 Å². The number of thioether (sulfide) groups is 1. The van der Waals surface area contributed by atoms with Gasteiger partial charge in [-0.15, -0.1) is 0 Å². The molecular weight excluding hydrogens is 220 g/mol. The van der Waals surface area contributed by atoms with Gasteiger partial charge >= 0.3 is 5.97 Å². The lowest BCUT2D eigenvalue weighted by molar-refractivity contribution is -0.142. The van der Waals surface area contributed by atoms with E-state index >= 15 is 0 Å². The van der Waals surface area contributed by atoms with Crippen LogP contribution >= 0.6 is 11.8 Å². The highest BCUT2D eigenvalue weighted by atomic mass is 32.2. The van der Waals surface area contributed by atoms with E-state index < -0.39 is 0 Å². The van der Waals surface area contributed by atoms with Crippen LogP contribution in [0.25, 0.3) is 0 Å². The Labute approximate surface area is 104 Å². The van der Waals surface area contributed by atoms with Gasteiger partial charge in [0.1, 0.15) is 0 Å². The molecule has 0 saturated carbocycles. The average molecular weight is 244 g/mol. The smallest absolute Gasteiger partial charge is 0.306 e. The number of carbonyl (C=O) groups excluding carboxylic acids is 1. The van der Waals surface area contributed by atoms with Crippen molar-refractivity contribution in [1.82, 2.24) is 0 Å². The van der Waals surface area contributed by atoms with Crippen molar-refractivity contribution in [3.63, 3.8) is 0 Å². The van der Waals surface area contributed by atoms with Gasteiger partial charge < -0.3 is 4.74 Å². The van der Waals surface area contributed by atoms with Crippen molar-refractivity contribution in [1.29, 1.82) is 0 Å². The molecule has 0 N–H and O–H groups in total. The molecule has 0 aromatic carbocycles. The minimum absolute atomic E-state index is 0.127. The van der Waals surface area contributed by atoms with Crippen LogP contribution in [0, 0.1) is 5.41 Å². The van der Waals surface area contributed by atoms with Crippen molar-refractivity contribution in [2.75, 3.05) is 12.9 Å². The summed E-state index contributed by atoms with van der Waals surface area (Å²) in [6, 6.07) is 0. The summed E-state index contributed by atoms with van der Waals surface area (Å²) in [5, 5.41) is 0. The van der Waals surface area contributed by atoms with E-state index in [1.165, 1.54) is 7.11 Å². The Kier molecular flexibility index (Phi) is 6.16. The topological polar surface area (TPSA) is 26.3 Å². The lowest BCUT2D eigenvalue weighted by Gasteiger charge is -2.23. The first-order chi connectivity index (χ1) is 7.22. The number of carbonyl (C=O) groups is 1. The van der Waals surface area contributed by atoms with E-state index in [4.69, 9.17) is 0 Å². The third kappa shape index (κ3) is 6.94. The highest BCUT2D eigenvalue weighted by Crippen LogP contribution is 2.29. The van der Waals surface area contributed by atoms with E-state index in [0.29, 0.717) is 6.42 Å². The zero-order chi connectivity index (χ0) is 12.8. The Morgan fingerprint density at radius 2 is 1.81 bits per heavy atom. The molecule has 0 heterocycles. The Balaban J connectivity index is 4.44. The van der Waals surface area contributed by atoms with Crippen molar-refractivity contribution in [3.8, 4) is 0 Å². The lowest BCUT2D eigenvalue weighted by atomic mass is 9.88. The van der Waals surface area contributed by atoms with Gasteiger partial charge in [0.2, 0.25) is 0 Å². The number of rotatable bonds is 6. The molecule has 0 unspecified atom stereocenters. The van der Waals surface area contributed by atoms with E-state index in [0.717, 1.165) is 5.75 Å². The molecule has 0 aromatic rings. The summed E-state index contributed by atoms with van der Waals surface area (Å²) in [6.45, 7) is 10.6. The molecule has 0 atom stereocenters. The van der Waals surface area contributed by atoms with E-state index in [-0.39, 0.29) is 16.1 Å². The summed E-state index contributed by atoms with van der Waals surface area (Å²) in [5.41, 5.74) is -0.140. The summed E-state index contributed by atoms with van der Waals surface area (Å²) >= 11 is 1.90. The highest BCUT2D eigenvalue weighted by Gasteiger charge is 2.21. The third-order valence-electron chi connectivity index (χ3n) is 2.28. The summed E-state index contributed by atoms with van der Waals surface area (Å²) in [5.74, 6) is 0.935. The van der Waals surface area contributed by atoms with E-state index in [1.54, 1.807) is 0 Å². The molecule has 3 heteroatoms. The predicted octanol–water partition coefficient (Wildman–Crippen LogP) is 3.66. The quantitative estimate of drug-likeness (QED) is 0.527. The molecule has 0 aromatic heterocycles. The molecule has 0 aliphatic rings. The van der Waals surface area contributed by atoms with Gasteiger partial charge in [0.25, 0.3) is 0 Å². The van der Waals surface area contributed by atoms with Crippen LogP contribution in [0.1, 0.15) is 41.0 Å². The second-order valence-electron chi connectivity index (χ2n) is 5.11. The zero-order valence-electron chi connectivity index (χ0n) is 11.3. The third-order valence-corrected chi connectivity index (χ3v) is 3.45. The summed E-state index contributed by atoms with van der Waals surface area (Å²) in [6.07, 6.45) is 4.73. The fourth-order valence-corrected chi connectivity index (χ4v) is 2.26. The van der Waals surface area contributed by atoms with Crippen LogP contribution in [0.15, 0.2) is 12.2 Å². The Bertz CT molecular complexity index is 255. The highest BCUT2D eigenvalue weighted by molar-refractivity contribution is 8.00. The van der Waals surface area contributed by atoms with Crippen LogP contribution in [-0.2, 0) is 9.53 Å². The number of ether oxygens (including phenoxy) is 1. The second kappa shape index (κ2) is 6.33. The molecule has 0 radical (unpaired) electrons. The van der Waals surface area contributed by atoms with E-state index in [2.05, 4.69) is 37.7 Å². The van der Waals surface area contributed by atoms with Gasteiger partial charge in [-0.1, -0.05) is 32.9 Å². The number of hydrogen-bond donors (Lipinski definition) is 0. The Morgan fingerprint density at radius 1 is 1.25 bits per heavy atom. The van der Waals surface area contributed by atoms with Crippen LogP contribution < -0.4 is 0 Å². The molecule has 0 aliphatic heterocycles. The number of esters is 1. The SMILES string of the molecule is CCSC(C)(C)/C=C/C(C)(C)CC(=O)OC. The molecule has 0 bridgehead atoms. The van der Waals surface area contributed by atoms with Gasteiger partial charge in [0.15, 0.2) is 0 Å². The van der Waals surface area contributed by atoms with Crippen LogP contribution in [0.4, 0.5) is 0 Å².